The van der Waals surface area contributed by atoms with Crippen LogP contribution in [0.4, 0.5) is 11.4 Å². The van der Waals surface area contributed by atoms with Crippen molar-refractivity contribution in [3.05, 3.63) is 54.1 Å². The molecule has 2 amide bonds. The molecule has 6 nitrogen and oxygen atoms in total. The largest absolute Gasteiger partial charge is 0.491 e. The zero-order valence-electron chi connectivity index (χ0n) is 18.5. The summed E-state index contributed by atoms with van der Waals surface area (Å²) < 4.78 is 5.77. The molecule has 1 aliphatic heterocycles. The standard InChI is InChI=1S/C25H33N3O3/c1-3-4-16-31-23-11-6-5-10-22(23)27-24(29)18-26-21-9-7-8-20(17-21)25(30)28-14-12-19(2)13-15-28/h5-11,17,19,26H,3-4,12-16,18H2,1-2H3,(H,27,29). The Morgan fingerprint density at radius 1 is 1.10 bits per heavy atom. The lowest BCUT2D eigenvalue weighted by Gasteiger charge is -2.30. The van der Waals surface area contributed by atoms with Gasteiger partial charge in [-0.3, -0.25) is 9.59 Å². The maximum absolute atomic E-state index is 12.8. The predicted molar refractivity (Wildman–Crippen MR) is 125 cm³/mol. The quantitative estimate of drug-likeness (QED) is 0.569. The zero-order chi connectivity index (χ0) is 22.1. The van der Waals surface area contributed by atoms with E-state index in [2.05, 4.69) is 24.5 Å². The van der Waals surface area contributed by atoms with Gasteiger partial charge in [0.15, 0.2) is 0 Å². The molecular formula is C25H33N3O3. The molecule has 1 fully saturated rings. The Kier molecular flexibility index (Phi) is 8.33. The summed E-state index contributed by atoms with van der Waals surface area (Å²) in [6.45, 7) is 6.67. The third kappa shape index (κ3) is 6.74. The van der Waals surface area contributed by atoms with Crippen LogP contribution in [-0.4, -0.2) is 43.0 Å². The molecule has 0 unspecified atom stereocenters. The van der Waals surface area contributed by atoms with Gasteiger partial charge in [0.05, 0.1) is 18.8 Å². The van der Waals surface area contributed by atoms with Crippen LogP contribution in [0.5, 0.6) is 5.75 Å². The number of piperidine rings is 1. The van der Waals surface area contributed by atoms with Crippen molar-refractivity contribution in [3.63, 3.8) is 0 Å². The molecule has 0 bridgehead atoms. The van der Waals surface area contributed by atoms with E-state index >= 15 is 0 Å². The highest BCUT2D eigenvalue weighted by atomic mass is 16.5. The van der Waals surface area contributed by atoms with Gasteiger partial charge in [0, 0.05) is 24.3 Å². The topological polar surface area (TPSA) is 70.7 Å². The van der Waals surface area contributed by atoms with Crippen molar-refractivity contribution in [1.29, 1.82) is 0 Å². The number of benzene rings is 2. The van der Waals surface area contributed by atoms with Crippen LogP contribution >= 0.6 is 0 Å². The maximum Gasteiger partial charge on any atom is 0.253 e. The van der Waals surface area contributed by atoms with Crippen molar-refractivity contribution < 1.29 is 14.3 Å². The first kappa shape index (κ1) is 22.7. The molecule has 6 heteroatoms. The fraction of sp³-hybridized carbons (Fsp3) is 0.440. The Balaban J connectivity index is 1.54. The molecule has 2 N–H and O–H groups in total. The Morgan fingerprint density at radius 2 is 1.87 bits per heavy atom. The second kappa shape index (κ2) is 11.4. The zero-order valence-corrected chi connectivity index (χ0v) is 18.5. The summed E-state index contributed by atoms with van der Waals surface area (Å²) in [6, 6.07) is 14.8. The Morgan fingerprint density at radius 3 is 2.65 bits per heavy atom. The molecule has 0 radical (unpaired) electrons. The number of anilines is 2. The van der Waals surface area contributed by atoms with Gasteiger partial charge < -0.3 is 20.3 Å². The third-order valence-corrected chi connectivity index (χ3v) is 5.55. The van der Waals surface area contributed by atoms with Crippen molar-refractivity contribution in [2.24, 2.45) is 5.92 Å². The van der Waals surface area contributed by atoms with Gasteiger partial charge in [0.25, 0.3) is 5.91 Å². The highest BCUT2D eigenvalue weighted by Gasteiger charge is 2.21. The van der Waals surface area contributed by atoms with Crippen LogP contribution in [0.2, 0.25) is 0 Å². The van der Waals surface area contributed by atoms with Crippen molar-refractivity contribution in [2.75, 3.05) is 36.9 Å². The van der Waals surface area contributed by atoms with Crippen molar-refractivity contribution in [1.82, 2.24) is 4.90 Å². The number of ether oxygens (including phenoxy) is 1. The molecule has 1 saturated heterocycles. The van der Waals surface area contributed by atoms with E-state index in [0.717, 1.165) is 44.5 Å². The molecule has 0 spiro atoms. The molecule has 2 aromatic carbocycles. The number of unbranched alkanes of at least 4 members (excludes halogenated alkanes) is 1. The predicted octanol–water partition coefficient (Wildman–Crippen LogP) is 4.79. The number of hydrogen-bond donors (Lipinski definition) is 2. The number of rotatable bonds is 9. The molecule has 0 saturated carbocycles. The molecule has 166 valence electrons. The van der Waals surface area contributed by atoms with Crippen LogP contribution in [0.1, 0.15) is 49.9 Å². The van der Waals surface area contributed by atoms with Crippen LogP contribution in [-0.2, 0) is 4.79 Å². The van der Waals surface area contributed by atoms with Crippen molar-refractivity contribution in [2.45, 2.75) is 39.5 Å². The first-order chi connectivity index (χ1) is 15.1. The van der Waals surface area contributed by atoms with E-state index in [-0.39, 0.29) is 18.4 Å². The van der Waals surface area contributed by atoms with Crippen molar-refractivity contribution in [3.8, 4) is 5.75 Å². The molecular weight excluding hydrogens is 390 g/mol. The SMILES string of the molecule is CCCCOc1ccccc1NC(=O)CNc1cccc(C(=O)N2CCC(C)CC2)c1. The Hall–Kier alpha value is -3.02. The first-order valence-electron chi connectivity index (χ1n) is 11.2. The van der Waals surface area contributed by atoms with Gasteiger partial charge >= 0.3 is 0 Å². The molecule has 1 heterocycles. The smallest absolute Gasteiger partial charge is 0.253 e. The van der Waals surface area contributed by atoms with E-state index < -0.39 is 0 Å². The number of nitrogens with zero attached hydrogens (tertiary/aromatic N) is 1. The minimum atomic E-state index is -0.173. The van der Waals surface area contributed by atoms with E-state index in [9.17, 15) is 9.59 Å². The van der Waals surface area contributed by atoms with E-state index in [4.69, 9.17) is 4.74 Å². The van der Waals surface area contributed by atoms with Crippen molar-refractivity contribution >= 4 is 23.2 Å². The normalized spacial score (nSPS) is 14.2. The lowest BCUT2D eigenvalue weighted by molar-refractivity contribution is -0.114. The minimum absolute atomic E-state index is 0.0538. The van der Waals surface area contributed by atoms with Crippen LogP contribution in [0.25, 0.3) is 0 Å². The van der Waals surface area contributed by atoms with E-state index in [1.807, 2.05) is 53.4 Å². The lowest BCUT2D eigenvalue weighted by atomic mass is 9.98. The number of carbonyl (C=O) groups excluding carboxylic acids is 2. The number of amides is 2. The average Bonchev–Trinajstić information content (AvgIpc) is 2.79. The molecule has 0 atom stereocenters. The number of carbonyl (C=O) groups is 2. The monoisotopic (exact) mass is 423 g/mol. The third-order valence-electron chi connectivity index (χ3n) is 5.55. The van der Waals surface area contributed by atoms with Gasteiger partial charge in [-0.05, 0) is 55.5 Å². The summed E-state index contributed by atoms with van der Waals surface area (Å²) in [5, 5.41) is 6.02. The van der Waals surface area contributed by atoms with Crippen LogP contribution < -0.4 is 15.4 Å². The summed E-state index contributed by atoms with van der Waals surface area (Å²) >= 11 is 0. The highest BCUT2D eigenvalue weighted by Crippen LogP contribution is 2.24. The summed E-state index contributed by atoms with van der Waals surface area (Å²) in [4.78, 5) is 27.2. The molecule has 0 aromatic heterocycles. The van der Waals surface area contributed by atoms with Gasteiger partial charge in [-0.2, -0.15) is 0 Å². The molecule has 2 aromatic rings. The molecule has 1 aliphatic rings. The lowest BCUT2D eigenvalue weighted by Crippen LogP contribution is -2.37. The van der Waals surface area contributed by atoms with E-state index in [0.29, 0.717) is 29.5 Å². The van der Waals surface area contributed by atoms with Gasteiger partial charge in [-0.1, -0.05) is 38.5 Å². The van der Waals surface area contributed by atoms with Crippen LogP contribution in [0, 0.1) is 5.92 Å². The molecule has 31 heavy (non-hydrogen) atoms. The number of likely N-dealkylation sites (tertiary alicyclic amines) is 1. The second-order valence-electron chi connectivity index (χ2n) is 8.16. The highest BCUT2D eigenvalue weighted by molar-refractivity contribution is 5.96. The maximum atomic E-state index is 12.8. The molecule has 3 rings (SSSR count). The summed E-state index contributed by atoms with van der Waals surface area (Å²) in [5.74, 6) is 1.23. The van der Waals surface area contributed by atoms with Gasteiger partial charge in [0.2, 0.25) is 5.91 Å². The Bertz CT molecular complexity index is 876. The van der Waals surface area contributed by atoms with E-state index in [1.54, 1.807) is 0 Å². The summed E-state index contributed by atoms with van der Waals surface area (Å²) in [5.41, 5.74) is 2.06. The summed E-state index contributed by atoms with van der Waals surface area (Å²) in [6.07, 6.45) is 4.12. The Labute approximate surface area is 185 Å². The number of nitrogens with one attached hydrogen (secondary N) is 2. The van der Waals surface area contributed by atoms with Gasteiger partial charge in [0.1, 0.15) is 5.75 Å². The minimum Gasteiger partial charge on any atom is -0.491 e. The average molecular weight is 424 g/mol. The van der Waals surface area contributed by atoms with E-state index in [1.165, 1.54) is 0 Å². The second-order valence-corrected chi connectivity index (χ2v) is 8.16. The number of hydrogen-bond acceptors (Lipinski definition) is 4. The van der Waals surface area contributed by atoms with Gasteiger partial charge in [-0.15, -0.1) is 0 Å². The summed E-state index contributed by atoms with van der Waals surface area (Å²) in [7, 11) is 0. The fourth-order valence-corrected chi connectivity index (χ4v) is 3.56. The van der Waals surface area contributed by atoms with Crippen LogP contribution in [0.15, 0.2) is 48.5 Å². The van der Waals surface area contributed by atoms with Gasteiger partial charge in [-0.25, -0.2) is 0 Å². The first-order valence-corrected chi connectivity index (χ1v) is 11.2. The number of para-hydroxylation sites is 2. The van der Waals surface area contributed by atoms with Crippen LogP contribution in [0.3, 0.4) is 0 Å². The molecule has 0 aliphatic carbocycles. The fourth-order valence-electron chi connectivity index (χ4n) is 3.56.